The van der Waals surface area contributed by atoms with E-state index in [0.717, 1.165) is 17.3 Å². The number of amides is 2. The van der Waals surface area contributed by atoms with Gasteiger partial charge in [-0.1, -0.05) is 18.2 Å². The predicted molar refractivity (Wildman–Crippen MR) is 110 cm³/mol. The van der Waals surface area contributed by atoms with Crippen LogP contribution in [0.4, 0.5) is 13.2 Å². The molecule has 5 rings (SSSR count). The number of aromatic nitrogens is 2. The van der Waals surface area contributed by atoms with Gasteiger partial charge in [0, 0.05) is 50.8 Å². The van der Waals surface area contributed by atoms with Crippen molar-refractivity contribution in [3.63, 3.8) is 0 Å². The summed E-state index contributed by atoms with van der Waals surface area (Å²) in [6.45, 7) is 3.56. The van der Waals surface area contributed by atoms with E-state index >= 15 is 0 Å². The van der Waals surface area contributed by atoms with E-state index in [1.165, 1.54) is 13.0 Å². The molecule has 170 valence electrons. The number of likely N-dealkylation sites (tertiary alicyclic amines) is 1. The number of H-pyrrole nitrogens is 1. The van der Waals surface area contributed by atoms with Gasteiger partial charge in [-0.25, -0.2) is 0 Å². The molecule has 3 aliphatic rings. The third-order valence-electron chi connectivity index (χ3n) is 7.33. The van der Waals surface area contributed by atoms with Gasteiger partial charge < -0.3 is 9.80 Å². The lowest BCUT2D eigenvalue weighted by molar-refractivity contribution is -0.138. The Kier molecular flexibility index (Phi) is 5.02. The molecule has 0 radical (unpaired) electrons. The van der Waals surface area contributed by atoms with E-state index in [2.05, 4.69) is 10.2 Å². The number of benzene rings is 1. The molecule has 1 aliphatic carbocycles. The smallest absolute Gasteiger partial charge is 0.338 e. The highest BCUT2D eigenvalue weighted by Gasteiger charge is 2.45. The van der Waals surface area contributed by atoms with Gasteiger partial charge in [-0.15, -0.1) is 0 Å². The Morgan fingerprint density at radius 3 is 2.44 bits per heavy atom. The summed E-state index contributed by atoms with van der Waals surface area (Å²) in [4.78, 5) is 28.5. The summed E-state index contributed by atoms with van der Waals surface area (Å²) in [5.74, 6) is 0.0514. The lowest BCUT2D eigenvalue weighted by Gasteiger charge is -2.26. The number of hydrogen-bond acceptors (Lipinski definition) is 3. The highest BCUT2D eigenvalue weighted by atomic mass is 19.4. The molecule has 1 N–H and O–H groups in total. The highest BCUT2D eigenvalue weighted by molar-refractivity contribution is 5.94. The Hall–Kier alpha value is -2.84. The van der Waals surface area contributed by atoms with Crippen LogP contribution in [0.25, 0.3) is 0 Å². The molecule has 0 spiro atoms. The number of fused-ring (bicyclic) bond motifs is 2. The van der Waals surface area contributed by atoms with Crippen LogP contribution >= 0.6 is 0 Å². The number of alkyl halides is 3. The fraction of sp³-hybridized carbons (Fsp3) is 0.522. The second-order valence-electron chi connectivity index (χ2n) is 9.20. The number of rotatable bonds is 2. The lowest BCUT2D eigenvalue weighted by Crippen LogP contribution is -2.36. The predicted octanol–water partition coefficient (Wildman–Crippen LogP) is 3.60. The van der Waals surface area contributed by atoms with Gasteiger partial charge in [0.05, 0.1) is 5.56 Å². The zero-order valence-corrected chi connectivity index (χ0v) is 17.8. The van der Waals surface area contributed by atoms with Crippen LogP contribution in [0.15, 0.2) is 24.3 Å². The van der Waals surface area contributed by atoms with Crippen molar-refractivity contribution >= 4 is 11.8 Å². The molecule has 0 bridgehead atoms. The van der Waals surface area contributed by atoms with Crippen LogP contribution in [-0.4, -0.2) is 51.4 Å². The molecule has 1 aromatic heterocycles. The van der Waals surface area contributed by atoms with E-state index in [1.54, 1.807) is 21.9 Å². The molecule has 2 aliphatic heterocycles. The van der Waals surface area contributed by atoms with Crippen LogP contribution < -0.4 is 0 Å². The molecule has 0 unspecified atom stereocenters. The Balaban J connectivity index is 1.29. The van der Waals surface area contributed by atoms with Crippen LogP contribution in [-0.2, 0) is 23.9 Å². The first-order chi connectivity index (χ1) is 15.2. The zero-order valence-electron chi connectivity index (χ0n) is 17.8. The van der Waals surface area contributed by atoms with Gasteiger partial charge in [-0.2, -0.15) is 18.3 Å². The summed E-state index contributed by atoms with van der Waals surface area (Å²) in [6, 6.07) is 5.85. The maximum absolute atomic E-state index is 13.4. The van der Waals surface area contributed by atoms with E-state index in [-0.39, 0.29) is 29.6 Å². The summed E-state index contributed by atoms with van der Waals surface area (Å²) in [5.41, 5.74) is 1.87. The Bertz CT molecular complexity index is 1050. The number of carbonyl (C=O) groups excluding carboxylic acids is 2. The van der Waals surface area contributed by atoms with Crippen molar-refractivity contribution in [2.24, 2.45) is 11.8 Å². The van der Waals surface area contributed by atoms with Crippen molar-refractivity contribution in [2.75, 3.05) is 19.6 Å². The number of nitrogens with one attached hydrogen (secondary N) is 1. The van der Waals surface area contributed by atoms with Gasteiger partial charge in [0.15, 0.2) is 5.69 Å². The van der Waals surface area contributed by atoms with Gasteiger partial charge in [-0.05, 0) is 42.2 Å². The standard InChI is InChI=1S/C23H25F3N4O2/c1-13(31)29-7-6-20-18(12-29)21(28-27-20)22(32)30-10-15-8-14(9-16(15)11-30)17-4-2-3-5-19(17)23(24,25)26/h2-5,14-16H,6-12H2,1H3,(H,27,28)/t15-,16-/m1/s1. The molecule has 2 fully saturated rings. The van der Waals surface area contributed by atoms with Crippen molar-refractivity contribution < 1.29 is 22.8 Å². The fourth-order valence-corrected chi connectivity index (χ4v) is 5.72. The van der Waals surface area contributed by atoms with E-state index in [1.807, 2.05) is 0 Å². The maximum atomic E-state index is 13.4. The van der Waals surface area contributed by atoms with Crippen molar-refractivity contribution in [3.8, 4) is 0 Å². The largest absolute Gasteiger partial charge is 0.416 e. The van der Waals surface area contributed by atoms with Crippen molar-refractivity contribution in [2.45, 2.75) is 44.8 Å². The van der Waals surface area contributed by atoms with E-state index in [4.69, 9.17) is 0 Å². The number of halogens is 3. The quantitative estimate of drug-likeness (QED) is 0.767. The Labute approximate surface area is 183 Å². The Morgan fingerprint density at radius 1 is 1.09 bits per heavy atom. The molecule has 2 atom stereocenters. The minimum absolute atomic E-state index is 0.0314. The first-order valence-corrected chi connectivity index (χ1v) is 11.0. The van der Waals surface area contributed by atoms with Gasteiger partial charge in [0.1, 0.15) is 0 Å². The highest BCUT2D eigenvalue weighted by Crippen LogP contribution is 2.49. The summed E-state index contributed by atoms with van der Waals surface area (Å²) in [5, 5.41) is 7.20. The minimum atomic E-state index is -4.36. The SMILES string of the molecule is CC(=O)N1CCc2[nH]nc(C(=O)N3C[C@H]4CC(c5ccccc5C(F)(F)F)C[C@@H]4C3)c2C1. The summed E-state index contributed by atoms with van der Waals surface area (Å²) in [7, 11) is 0. The molecular formula is C23H25F3N4O2. The normalized spacial score (nSPS) is 23.4. The molecule has 2 aromatic rings. The van der Waals surface area contributed by atoms with E-state index in [9.17, 15) is 22.8 Å². The van der Waals surface area contributed by atoms with Crippen LogP contribution in [0.3, 0.4) is 0 Å². The minimum Gasteiger partial charge on any atom is -0.338 e. The average molecular weight is 446 g/mol. The second kappa shape index (κ2) is 7.64. The van der Waals surface area contributed by atoms with E-state index < -0.39 is 11.7 Å². The van der Waals surface area contributed by atoms with Gasteiger partial charge in [0.2, 0.25) is 5.91 Å². The second-order valence-corrected chi connectivity index (χ2v) is 9.20. The summed E-state index contributed by atoms with van der Waals surface area (Å²) in [6.07, 6.45) is -2.42. The molecule has 2 amide bonds. The molecule has 9 heteroatoms. The number of carbonyl (C=O) groups is 2. The monoisotopic (exact) mass is 446 g/mol. The Morgan fingerprint density at radius 2 is 1.78 bits per heavy atom. The lowest BCUT2D eigenvalue weighted by atomic mass is 9.91. The van der Waals surface area contributed by atoms with Gasteiger partial charge in [0.25, 0.3) is 5.91 Å². The molecule has 1 aromatic carbocycles. The average Bonchev–Trinajstić information content (AvgIpc) is 3.45. The summed E-state index contributed by atoms with van der Waals surface area (Å²) < 4.78 is 40.3. The molecule has 1 saturated heterocycles. The summed E-state index contributed by atoms with van der Waals surface area (Å²) >= 11 is 0. The molecule has 32 heavy (non-hydrogen) atoms. The van der Waals surface area contributed by atoms with Crippen molar-refractivity contribution in [3.05, 3.63) is 52.3 Å². The first-order valence-electron chi connectivity index (χ1n) is 11.0. The van der Waals surface area contributed by atoms with Crippen molar-refractivity contribution in [1.82, 2.24) is 20.0 Å². The van der Waals surface area contributed by atoms with Gasteiger partial charge in [-0.3, -0.25) is 14.7 Å². The third-order valence-corrected chi connectivity index (χ3v) is 7.33. The maximum Gasteiger partial charge on any atom is 0.416 e. The van der Waals surface area contributed by atoms with Crippen LogP contribution in [0.2, 0.25) is 0 Å². The molecule has 3 heterocycles. The molecule has 1 saturated carbocycles. The topological polar surface area (TPSA) is 69.3 Å². The van der Waals surface area contributed by atoms with Gasteiger partial charge >= 0.3 is 6.18 Å². The fourth-order valence-electron chi connectivity index (χ4n) is 5.72. The van der Waals surface area contributed by atoms with Crippen LogP contribution in [0.5, 0.6) is 0 Å². The van der Waals surface area contributed by atoms with Crippen LogP contribution in [0.1, 0.15) is 58.6 Å². The number of hydrogen-bond donors (Lipinski definition) is 1. The third kappa shape index (κ3) is 3.57. The first kappa shape index (κ1) is 21.0. The van der Waals surface area contributed by atoms with E-state index in [0.29, 0.717) is 56.7 Å². The molecule has 6 nitrogen and oxygen atoms in total. The number of aromatic amines is 1. The van der Waals surface area contributed by atoms with Crippen molar-refractivity contribution in [1.29, 1.82) is 0 Å². The molecular weight excluding hydrogens is 421 g/mol. The number of nitrogens with zero attached hydrogens (tertiary/aromatic N) is 3. The van der Waals surface area contributed by atoms with Crippen LogP contribution in [0, 0.1) is 11.8 Å². The zero-order chi connectivity index (χ0) is 22.6.